The van der Waals surface area contributed by atoms with E-state index in [0.717, 1.165) is 12.8 Å². The Hall–Kier alpha value is 0.180. The molecule has 0 fully saturated rings. The molecule has 0 saturated carbocycles. The summed E-state index contributed by atoms with van der Waals surface area (Å²) in [5.74, 6) is 0. The highest BCUT2D eigenvalue weighted by molar-refractivity contribution is 7.83. The lowest BCUT2D eigenvalue weighted by atomic mass is 10.2. The van der Waals surface area contributed by atoms with Crippen molar-refractivity contribution in [2.45, 2.75) is 32.7 Å². The Morgan fingerprint density at radius 1 is 1.56 bits per heavy atom. The van der Waals surface area contributed by atoms with Crippen LogP contribution < -0.4 is 5.32 Å². The molecule has 0 heterocycles. The third kappa shape index (κ3) is 4.67. The summed E-state index contributed by atoms with van der Waals surface area (Å²) in [5.41, 5.74) is 0. The lowest BCUT2D eigenvalue weighted by Crippen LogP contribution is -2.29. The van der Waals surface area contributed by atoms with Crippen LogP contribution in [-0.2, 0) is 0 Å². The van der Waals surface area contributed by atoms with Crippen molar-refractivity contribution in [3.8, 4) is 0 Å². The van der Waals surface area contributed by atoms with Gasteiger partial charge in [-0.15, -0.1) is 0 Å². The Balaban J connectivity index is 3.43. The molecule has 0 saturated heterocycles. The quantitative estimate of drug-likeness (QED) is 0.391. The molecule has 0 aliphatic carbocycles. The van der Waals surface area contributed by atoms with Gasteiger partial charge in [0.25, 0.3) is 0 Å². The van der Waals surface area contributed by atoms with Gasteiger partial charge in [0.1, 0.15) is 0 Å². The van der Waals surface area contributed by atoms with Crippen molar-refractivity contribution in [3.05, 3.63) is 0 Å². The van der Waals surface area contributed by atoms with Crippen LogP contribution in [0.4, 0.5) is 0 Å². The van der Waals surface area contributed by atoms with Gasteiger partial charge in [-0.3, -0.25) is 0 Å². The lowest BCUT2D eigenvalue weighted by Gasteiger charge is -2.12. The van der Waals surface area contributed by atoms with Crippen LogP contribution in [-0.4, -0.2) is 10.5 Å². The SMILES string of the molecule is CCC(CC)NC(=S)Cl. The zero-order valence-electron chi connectivity index (χ0n) is 5.78. The zero-order valence-corrected chi connectivity index (χ0v) is 7.35. The van der Waals surface area contributed by atoms with Gasteiger partial charge in [-0.05, 0) is 25.1 Å². The van der Waals surface area contributed by atoms with E-state index in [2.05, 4.69) is 31.4 Å². The third-order valence-electron chi connectivity index (χ3n) is 1.30. The second kappa shape index (κ2) is 5.00. The van der Waals surface area contributed by atoms with E-state index < -0.39 is 0 Å². The van der Waals surface area contributed by atoms with E-state index in [9.17, 15) is 0 Å². The first kappa shape index (κ1) is 9.18. The summed E-state index contributed by atoms with van der Waals surface area (Å²) in [5, 5.41) is 2.98. The smallest absolute Gasteiger partial charge is 0.167 e. The molecule has 0 amide bonds. The van der Waals surface area contributed by atoms with E-state index in [4.69, 9.17) is 11.6 Å². The summed E-state index contributed by atoms with van der Waals surface area (Å²) in [4.78, 5) is 0. The van der Waals surface area contributed by atoms with Gasteiger partial charge in [-0.2, -0.15) is 0 Å². The first-order chi connectivity index (χ1) is 4.20. The van der Waals surface area contributed by atoms with E-state index in [1.54, 1.807) is 0 Å². The number of nitrogens with one attached hydrogen (secondary N) is 1. The number of halogens is 1. The molecule has 54 valence electrons. The average molecular weight is 166 g/mol. The molecule has 0 unspecified atom stereocenters. The van der Waals surface area contributed by atoms with Crippen molar-refractivity contribution in [1.82, 2.24) is 5.32 Å². The first-order valence-corrected chi connectivity index (χ1v) is 3.95. The summed E-state index contributed by atoms with van der Waals surface area (Å²) in [7, 11) is 0. The van der Waals surface area contributed by atoms with Gasteiger partial charge in [0.05, 0.1) is 0 Å². The molecule has 0 atom stereocenters. The zero-order chi connectivity index (χ0) is 7.28. The standard InChI is InChI=1S/C6H12ClNS/c1-3-5(4-2)8-6(7)9/h5H,3-4H2,1-2H3,(H,8,9). The molecule has 0 aliphatic heterocycles. The van der Waals surface area contributed by atoms with Crippen LogP contribution in [0.1, 0.15) is 26.7 Å². The minimum absolute atomic E-state index is 0.378. The van der Waals surface area contributed by atoms with E-state index in [-0.39, 0.29) is 0 Å². The first-order valence-electron chi connectivity index (χ1n) is 3.16. The molecule has 9 heavy (non-hydrogen) atoms. The number of hydrogen-bond donors (Lipinski definition) is 1. The Bertz CT molecular complexity index is 91.1. The molecule has 3 heteroatoms. The second-order valence-electron chi connectivity index (χ2n) is 1.93. The van der Waals surface area contributed by atoms with Crippen LogP contribution in [0.3, 0.4) is 0 Å². The van der Waals surface area contributed by atoms with Crippen molar-refractivity contribution in [3.63, 3.8) is 0 Å². The molecule has 0 aromatic heterocycles. The van der Waals surface area contributed by atoms with Crippen molar-refractivity contribution < 1.29 is 0 Å². The van der Waals surface area contributed by atoms with Crippen LogP contribution in [0.2, 0.25) is 0 Å². The molecule has 0 bridgehead atoms. The normalized spacial score (nSPS) is 9.78. The van der Waals surface area contributed by atoms with Crippen LogP contribution in [0.5, 0.6) is 0 Å². The molecule has 0 radical (unpaired) electrons. The van der Waals surface area contributed by atoms with Gasteiger partial charge in [0, 0.05) is 6.04 Å². The van der Waals surface area contributed by atoms with Gasteiger partial charge < -0.3 is 5.32 Å². The van der Waals surface area contributed by atoms with E-state index in [1.165, 1.54) is 0 Å². The summed E-state index contributed by atoms with van der Waals surface area (Å²) in [6.45, 7) is 4.21. The van der Waals surface area contributed by atoms with Gasteiger partial charge in [-0.25, -0.2) is 0 Å². The van der Waals surface area contributed by atoms with Crippen LogP contribution in [0, 0.1) is 0 Å². The predicted molar refractivity (Wildman–Crippen MR) is 46.0 cm³/mol. The lowest BCUT2D eigenvalue weighted by molar-refractivity contribution is 0.576. The molecule has 0 aromatic rings. The summed E-state index contributed by atoms with van der Waals surface area (Å²) >= 11 is 10.1. The largest absolute Gasteiger partial charge is 0.364 e. The minimum atomic E-state index is 0.378. The molecule has 1 N–H and O–H groups in total. The third-order valence-corrected chi connectivity index (χ3v) is 1.53. The van der Waals surface area contributed by atoms with Crippen molar-refractivity contribution >= 4 is 28.3 Å². The van der Waals surface area contributed by atoms with Crippen LogP contribution >= 0.6 is 23.8 Å². The van der Waals surface area contributed by atoms with Crippen LogP contribution in [0.15, 0.2) is 0 Å². The van der Waals surface area contributed by atoms with Gasteiger partial charge >= 0.3 is 0 Å². The molecular weight excluding hydrogens is 154 g/mol. The molecule has 0 rings (SSSR count). The van der Waals surface area contributed by atoms with Crippen molar-refractivity contribution in [2.24, 2.45) is 0 Å². The molecule has 1 nitrogen and oxygen atoms in total. The number of thiocarbonyl (C=S) groups is 1. The fourth-order valence-corrected chi connectivity index (χ4v) is 0.974. The second-order valence-corrected chi connectivity index (χ2v) is 2.94. The highest BCUT2D eigenvalue weighted by atomic mass is 35.5. The van der Waals surface area contributed by atoms with E-state index >= 15 is 0 Å². The highest BCUT2D eigenvalue weighted by Gasteiger charge is 2.01. The molecule has 0 spiro atoms. The summed E-state index contributed by atoms with van der Waals surface area (Å²) in [6.07, 6.45) is 2.15. The fraction of sp³-hybridized carbons (Fsp3) is 0.833. The number of rotatable bonds is 3. The van der Waals surface area contributed by atoms with Gasteiger partial charge in [0.15, 0.2) is 4.45 Å². The monoisotopic (exact) mass is 165 g/mol. The Morgan fingerprint density at radius 3 is 2.11 bits per heavy atom. The van der Waals surface area contributed by atoms with Crippen molar-refractivity contribution in [1.29, 1.82) is 0 Å². The Kier molecular flexibility index (Phi) is 5.10. The highest BCUT2D eigenvalue weighted by Crippen LogP contribution is 1.96. The maximum atomic E-state index is 5.45. The van der Waals surface area contributed by atoms with Crippen LogP contribution in [0.25, 0.3) is 0 Å². The maximum absolute atomic E-state index is 5.45. The Labute approximate surface area is 66.8 Å². The molecule has 0 aromatic carbocycles. The number of hydrogen-bond acceptors (Lipinski definition) is 1. The predicted octanol–water partition coefficient (Wildman–Crippen LogP) is 2.29. The van der Waals surface area contributed by atoms with Gasteiger partial charge in [0.2, 0.25) is 0 Å². The van der Waals surface area contributed by atoms with Crippen molar-refractivity contribution in [2.75, 3.05) is 0 Å². The minimum Gasteiger partial charge on any atom is -0.364 e. The molecule has 0 aliphatic rings. The van der Waals surface area contributed by atoms with E-state index in [1.807, 2.05) is 0 Å². The Morgan fingerprint density at radius 2 is 2.00 bits per heavy atom. The summed E-state index contributed by atoms with van der Waals surface area (Å²) < 4.78 is 0.378. The fourth-order valence-electron chi connectivity index (χ4n) is 0.653. The maximum Gasteiger partial charge on any atom is 0.167 e. The molecular formula is C6H12ClNS. The average Bonchev–Trinajstić information content (AvgIpc) is 1.82. The topological polar surface area (TPSA) is 12.0 Å². The van der Waals surface area contributed by atoms with E-state index in [0.29, 0.717) is 10.5 Å². The summed E-state index contributed by atoms with van der Waals surface area (Å²) in [6, 6.07) is 0.454. The van der Waals surface area contributed by atoms with Gasteiger partial charge in [-0.1, -0.05) is 25.4 Å².